The zero-order valence-electron chi connectivity index (χ0n) is 9.22. The van der Waals surface area contributed by atoms with Crippen LogP contribution in [0, 0.1) is 11.6 Å². The Labute approximate surface area is 93.7 Å². The van der Waals surface area contributed by atoms with Crippen molar-refractivity contribution in [3.63, 3.8) is 0 Å². The van der Waals surface area contributed by atoms with Gasteiger partial charge in [0.25, 0.3) is 0 Å². The second kappa shape index (κ2) is 4.74. The van der Waals surface area contributed by atoms with Crippen LogP contribution in [0.25, 0.3) is 5.57 Å². The lowest BCUT2D eigenvalue weighted by atomic mass is 9.94. The minimum atomic E-state index is -0.535. The Hall–Kier alpha value is -1.22. The number of hydrogen-bond acceptors (Lipinski definition) is 1. The summed E-state index contributed by atoms with van der Waals surface area (Å²) in [7, 11) is 0. The van der Waals surface area contributed by atoms with Gasteiger partial charge in [0.1, 0.15) is 11.6 Å². The summed E-state index contributed by atoms with van der Waals surface area (Å²) in [6, 6.07) is 3.75. The van der Waals surface area contributed by atoms with E-state index < -0.39 is 11.6 Å². The number of benzene rings is 1. The third-order valence-electron chi connectivity index (χ3n) is 2.88. The van der Waals surface area contributed by atoms with Crippen LogP contribution in [0.3, 0.4) is 0 Å². The summed E-state index contributed by atoms with van der Waals surface area (Å²) in [5.74, 6) is -1.02. The molecule has 1 aliphatic heterocycles. The molecule has 0 radical (unpaired) electrons. The molecule has 3 heteroatoms. The highest BCUT2D eigenvalue weighted by Gasteiger charge is 2.16. The molecule has 0 amide bonds. The van der Waals surface area contributed by atoms with Crippen LogP contribution < -0.4 is 0 Å². The molecule has 1 aromatic carbocycles. The van der Waals surface area contributed by atoms with Crippen molar-refractivity contribution in [1.29, 1.82) is 0 Å². The van der Waals surface area contributed by atoms with Gasteiger partial charge >= 0.3 is 0 Å². The first-order valence-electron chi connectivity index (χ1n) is 5.46. The maximum absolute atomic E-state index is 13.6. The normalized spacial score (nSPS) is 16.7. The molecule has 0 N–H and O–H groups in total. The zero-order chi connectivity index (χ0) is 11.5. The number of rotatable bonds is 2. The first kappa shape index (κ1) is 11.3. The van der Waals surface area contributed by atoms with Crippen LogP contribution in [-0.2, 0) is 4.74 Å². The second-order valence-corrected chi connectivity index (χ2v) is 3.86. The summed E-state index contributed by atoms with van der Waals surface area (Å²) in [5.41, 5.74) is 2.60. The van der Waals surface area contributed by atoms with E-state index in [2.05, 4.69) is 0 Å². The van der Waals surface area contributed by atoms with E-state index in [9.17, 15) is 8.78 Å². The van der Waals surface area contributed by atoms with Crippen LogP contribution >= 0.6 is 0 Å². The molecule has 0 fully saturated rings. The topological polar surface area (TPSA) is 9.23 Å². The minimum absolute atomic E-state index is 0.483. The maximum atomic E-state index is 13.6. The number of halogens is 2. The predicted octanol–water partition coefficient (Wildman–Crippen LogP) is 3.55. The van der Waals surface area contributed by atoms with E-state index in [1.165, 1.54) is 12.1 Å². The molecule has 0 atom stereocenters. The lowest BCUT2D eigenvalue weighted by Crippen LogP contribution is -2.11. The summed E-state index contributed by atoms with van der Waals surface area (Å²) in [6.07, 6.45) is 1.54. The van der Waals surface area contributed by atoms with E-state index in [1.54, 1.807) is 0 Å². The average Bonchev–Trinajstić information content (AvgIpc) is 2.29. The predicted molar refractivity (Wildman–Crippen MR) is 59.0 cm³/mol. The second-order valence-electron chi connectivity index (χ2n) is 3.86. The largest absolute Gasteiger partial charge is 0.377 e. The smallest absolute Gasteiger partial charge is 0.133 e. The molecule has 86 valence electrons. The molecule has 0 spiro atoms. The lowest BCUT2D eigenvalue weighted by Gasteiger charge is -2.20. The highest BCUT2D eigenvalue weighted by atomic mass is 19.1. The van der Waals surface area contributed by atoms with Crippen LogP contribution in [0.5, 0.6) is 0 Å². The van der Waals surface area contributed by atoms with E-state index in [-0.39, 0.29) is 0 Å². The van der Waals surface area contributed by atoms with Crippen molar-refractivity contribution in [3.05, 3.63) is 41.0 Å². The van der Waals surface area contributed by atoms with Crippen molar-refractivity contribution >= 4 is 5.57 Å². The van der Waals surface area contributed by atoms with Crippen LogP contribution in [0.2, 0.25) is 0 Å². The standard InChI is InChI=1S/C13H14F2O/c1-2-9-8-16-6-5-11(9)12-4-3-10(14)7-13(12)15/h3-4,7H,2,5-6,8H2,1H3. The van der Waals surface area contributed by atoms with E-state index >= 15 is 0 Å². The summed E-state index contributed by atoms with van der Waals surface area (Å²) >= 11 is 0. The highest BCUT2D eigenvalue weighted by Crippen LogP contribution is 2.29. The summed E-state index contributed by atoms with van der Waals surface area (Å²) < 4.78 is 31.8. The van der Waals surface area contributed by atoms with Crippen LogP contribution in [0.15, 0.2) is 23.8 Å². The van der Waals surface area contributed by atoms with Gasteiger partial charge in [-0.15, -0.1) is 0 Å². The SMILES string of the molecule is CCC1=C(c2ccc(F)cc2F)CCOC1. The van der Waals surface area contributed by atoms with Gasteiger partial charge in [0, 0.05) is 11.6 Å². The number of ether oxygens (including phenoxy) is 1. The van der Waals surface area contributed by atoms with Gasteiger partial charge in [0.15, 0.2) is 0 Å². The Morgan fingerprint density at radius 1 is 1.31 bits per heavy atom. The molecule has 0 saturated heterocycles. The molecule has 1 aliphatic rings. The van der Waals surface area contributed by atoms with Gasteiger partial charge in [-0.2, -0.15) is 0 Å². The van der Waals surface area contributed by atoms with Gasteiger partial charge in [0.05, 0.1) is 13.2 Å². The molecule has 0 aromatic heterocycles. The van der Waals surface area contributed by atoms with Gasteiger partial charge in [-0.1, -0.05) is 6.92 Å². The highest BCUT2D eigenvalue weighted by molar-refractivity contribution is 5.70. The monoisotopic (exact) mass is 224 g/mol. The Balaban J connectivity index is 2.45. The molecule has 1 nitrogen and oxygen atoms in total. The Bertz CT molecular complexity index is 424. The molecule has 1 heterocycles. The van der Waals surface area contributed by atoms with Crippen molar-refractivity contribution in [1.82, 2.24) is 0 Å². The fourth-order valence-electron chi connectivity index (χ4n) is 2.01. The zero-order valence-corrected chi connectivity index (χ0v) is 9.22. The molecular formula is C13H14F2O. The first-order valence-corrected chi connectivity index (χ1v) is 5.46. The van der Waals surface area contributed by atoms with Crippen molar-refractivity contribution in [3.8, 4) is 0 Å². The van der Waals surface area contributed by atoms with E-state index in [1.807, 2.05) is 6.92 Å². The molecule has 0 saturated carbocycles. The van der Waals surface area contributed by atoms with Gasteiger partial charge in [-0.25, -0.2) is 8.78 Å². The van der Waals surface area contributed by atoms with E-state index in [4.69, 9.17) is 4.74 Å². The maximum Gasteiger partial charge on any atom is 0.133 e. The Kier molecular flexibility index (Phi) is 3.34. The summed E-state index contributed by atoms with van der Waals surface area (Å²) in [4.78, 5) is 0. The molecule has 0 aliphatic carbocycles. The average molecular weight is 224 g/mol. The minimum Gasteiger partial charge on any atom is -0.377 e. The van der Waals surface area contributed by atoms with Crippen molar-refractivity contribution in [2.75, 3.05) is 13.2 Å². The van der Waals surface area contributed by atoms with E-state index in [0.29, 0.717) is 25.2 Å². The molecular weight excluding hydrogens is 210 g/mol. The Morgan fingerprint density at radius 2 is 2.12 bits per heavy atom. The summed E-state index contributed by atoms with van der Waals surface area (Å²) in [5, 5.41) is 0. The van der Waals surface area contributed by atoms with Crippen molar-refractivity contribution in [2.24, 2.45) is 0 Å². The molecule has 0 unspecified atom stereocenters. The molecule has 16 heavy (non-hydrogen) atoms. The third kappa shape index (κ3) is 2.14. The first-order chi connectivity index (χ1) is 7.72. The summed E-state index contributed by atoms with van der Waals surface area (Å²) in [6.45, 7) is 3.18. The van der Waals surface area contributed by atoms with Crippen molar-refractivity contribution in [2.45, 2.75) is 19.8 Å². The molecule has 1 aromatic rings. The van der Waals surface area contributed by atoms with Crippen LogP contribution in [0.1, 0.15) is 25.3 Å². The fraction of sp³-hybridized carbons (Fsp3) is 0.385. The number of hydrogen-bond donors (Lipinski definition) is 0. The van der Waals surface area contributed by atoms with Crippen LogP contribution in [-0.4, -0.2) is 13.2 Å². The molecule has 0 bridgehead atoms. The van der Waals surface area contributed by atoms with Gasteiger partial charge in [-0.3, -0.25) is 0 Å². The van der Waals surface area contributed by atoms with Gasteiger partial charge in [0.2, 0.25) is 0 Å². The third-order valence-corrected chi connectivity index (χ3v) is 2.88. The van der Waals surface area contributed by atoms with Gasteiger partial charge in [-0.05, 0) is 36.1 Å². The van der Waals surface area contributed by atoms with Crippen molar-refractivity contribution < 1.29 is 13.5 Å². The van der Waals surface area contributed by atoms with Gasteiger partial charge < -0.3 is 4.74 Å². The fourth-order valence-corrected chi connectivity index (χ4v) is 2.01. The molecule has 2 rings (SSSR count). The quantitative estimate of drug-likeness (QED) is 0.746. The van der Waals surface area contributed by atoms with E-state index in [0.717, 1.165) is 23.6 Å². The van der Waals surface area contributed by atoms with Crippen LogP contribution in [0.4, 0.5) is 8.78 Å². The Morgan fingerprint density at radius 3 is 2.81 bits per heavy atom. The lowest BCUT2D eigenvalue weighted by molar-refractivity contribution is 0.152.